The fourth-order valence-electron chi connectivity index (χ4n) is 3.01. The maximum absolute atomic E-state index is 12.5. The van der Waals surface area contributed by atoms with Gasteiger partial charge in [-0.1, -0.05) is 43.3 Å². The molecule has 7 nitrogen and oxygen atoms in total. The van der Waals surface area contributed by atoms with Gasteiger partial charge in [-0.2, -0.15) is 10.1 Å². The van der Waals surface area contributed by atoms with E-state index in [9.17, 15) is 9.59 Å². The number of hydrogen-bond acceptors (Lipinski definition) is 4. The van der Waals surface area contributed by atoms with Gasteiger partial charge in [0.1, 0.15) is 6.04 Å². The average Bonchev–Trinajstić information content (AvgIpc) is 3.14. The Balaban J connectivity index is 1.54. The third-order valence-electron chi connectivity index (χ3n) is 4.27. The maximum atomic E-state index is 12.5. The van der Waals surface area contributed by atoms with Gasteiger partial charge in [-0.15, -0.1) is 0 Å². The van der Waals surface area contributed by atoms with Gasteiger partial charge in [0.25, 0.3) is 5.91 Å². The van der Waals surface area contributed by atoms with Crippen molar-refractivity contribution in [3.63, 3.8) is 0 Å². The van der Waals surface area contributed by atoms with Gasteiger partial charge in [0.2, 0.25) is 11.9 Å². The average molecular weight is 335 g/mol. The smallest absolute Gasteiger partial charge is 0.252 e. The third kappa shape index (κ3) is 2.73. The normalized spacial score (nSPS) is 15.9. The summed E-state index contributed by atoms with van der Waals surface area (Å²) in [6.45, 7) is 1.94. The summed E-state index contributed by atoms with van der Waals surface area (Å²) in [5.41, 5.74) is 0.731. The lowest BCUT2D eigenvalue weighted by Crippen LogP contribution is -2.24. The molecule has 25 heavy (non-hydrogen) atoms. The van der Waals surface area contributed by atoms with E-state index in [0.717, 1.165) is 16.5 Å². The van der Waals surface area contributed by atoms with Crippen LogP contribution in [0.2, 0.25) is 0 Å². The van der Waals surface area contributed by atoms with Crippen LogP contribution in [-0.4, -0.2) is 26.6 Å². The summed E-state index contributed by atoms with van der Waals surface area (Å²) in [7, 11) is 0. The van der Waals surface area contributed by atoms with E-state index >= 15 is 0 Å². The Hall–Kier alpha value is -3.22. The minimum Gasteiger partial charge on any atom is -0.325 e. The zero-order chi connectivity index (χ0) is 17.4. The summed E-state index contributed by atoms with van der Waals surface area (Å²) in [6, 6.07) is 12.9. The molecule has 0 saturated carbocycles. The van der Waals surface area contributed by atoms with Crippen molar-refractivity contribution in [1.29, 1.82) is 0 Å². The summed E-state index contributed by atoms with van der Waals surface area (Å²) in [5.74, 6) is 0.558. The molecular formula is C18H17N5O2. The molecule has 0 radical (unpaired) electrons. The highest BCUT2D eigenvalue weighted by Gasteiger charge is 2.34. The number of benzene rings is 2. The Bertz CT molecular complexity index is 973. The number of fused-ring (bicyclic) bond motifs is 2. The van der Waals surface area contributed by atoms with Crippen LogP contribution in [0.3, 0.4) is 0 Å². The molecule has 1 unspecified atom stereocenters. The van der Waals surface area contributed by atoms with Crippen molar-refractivity contribution < 1.29 is 9.59 Å². The molecule has 2 N–H and O–H groups in total. The van der Waals surface area contributed by atoms with Gasteiger partial charge in [-0.05, 0) is 11.5 Å². The van der Waals surface area contributed by atoms with Crippen LogP contribution in [0.5, 0.6) is 0 Å². The first-order chi connectivity index (χ1) is 12.2. The van der Waals surface area contributed by atoms with Crippen molar-refractivity contribution in [3.05, 3.63) is 48.3 Å². The molecule has 4 rings (SSSR count). The van der Waals surface area contributed by atoms with Gasteiger partial charge in [0.05, 0.1) is 6.42 Å². The second-order valence-corrected chi connectivity index (χ2v) is 5.93. The minimum absolute atomic E-state index is 0.00850. The van der Waals surface area contributed by atoms with Crippen molar-refractivity contribution in [2.75, 3.05) is 10.6 Å². The number of carbonyl (C=O) groups excluding carboxylic acids is 2. The number of nitrogens with zero attached hydrogens (tertiary/aromatic N) is 3. The summed E-state index contributed by atoms with van der Waals surface area (Å²) < 4.78 is 1.50. The van der Waals surface area contributed by atoms with Crippen LogP contribution in [-0.2, 0) is 16.0 Å². The Morgan fingerprint density at radius 3 is 2.88 bits per heavy atom. The number of nitrogens with one attached hydrogen (secondary N) is 2. The van der Waals surface area contributed by atoms with E-state index in [2.05, 4.69) is 20.7 Å². The van der Waals surface area contributed by atoms with Crippen molar-refractivity contribution >= 4 is 34.2 Å². The van der Waals surface area contributed by atoms with Crippen molar-refractivity contribution in [2.24, 2.45) is 0 Å². The van der Waals surface area contributed by atoms with Gasteiger partial charge >= 0.3 is 0 Å². The van der Waals surface area contributed by atoms with Crippen LogP contribution in [0.15, 0.2) is 42.5 Å². The molecule has 0 aliphatic carbocycles. The maximum Gasteiger partial charge on any atom is 0.252 e. The zero-order valence-corrected chi connectivity index (χ0v) is 13.7. The molecule has 2 amide bonds. The first-order valence-corrected chi connectivity index (χ1v) is 8.19. The molecule has 1 aliphatic heterocycles. The van der Waals surface area contributed by atoms with Crippen LogP contribution in [0, 0.1) is 0 Å². The SMILES string of the molecule is CCc1nc2n(n1)C(CC(=O)Nc1cccc3ccccc13)C(=O)N2. The molecule has 1 aliphatic rings. The number of carbonyl (C=O) groups is 2. The Morgan fingerprint density at radius 1 is 1.24 bits per heavy atom. The predicted octanol–water partition coefficient (Wildman–Crippen LogP) is 2.52. The number of aromatic nitrogens is 3. The number of rotatable bonds is 4. The summed E-state index contributed by atoms with van der Waals surface area (Å²) in [4.78, 5) is 28.8. The fourth-order valence-corrected chi connectivity index (χ4v) is 3.01. The number of amides is 2. The van der Waals surface area contributed by atoms with E-state index in [-0.39, 0.29) is 18.2 Å². The molecule has 0 saturated heterocycles. The largest absolute Gasteiger partial charge is 0.325 e. The van der Waals surface area contributed by atoms with Crippen molar-refractivity contribution in [2.45, 2.75) is 25.8 Å². The Labute approximate surface area is 144 Å². The van der Waals surface area contributed by atoms with Gasteiger partial charge in [-0.3, -0.25) is 14.9 Å². The third-order valence-corrected chi connectivity index (χ3v) is 4.27. The van der Waals surface area contributed by atoms with Crippen LogP contribution < -0.4 is 10.6 Å². The second-order valence-electron chi connectivity index (χ2n) is 5.93. The summed E-state index contributed by atoms with van der Waals surface area (Å²) >= 11 is 0. The standard InChI is InChI=1S/C18H17N5O2/c1-2-15-20-18-21-17(25)14(23(18)22-15)10-16(24)19-13-9-5-7-11-6-3-4-8-12(11)13/h3-9,14H,2,10H2,1H3,(H,19,24)(H,20,21,22,25). The van der Waals surface area contributed by atoms with Gasteiger partial charge in [0, 0.05) is 17.5 Å². The zero-order valence-electron chi connectivity index (χ0n) is 13.7. The van der Waals surface area contributed by atoms with Gasteiger partial charge in [0.15, 0.2) is 5.82 Å². The van der Waals surface area contributed by atoms with E-state index in [4.69, 9.17) is 0 Å². The highest BCUT2D eigenvalue weighted by Crippen LogP contribution is 2.27. The Morgan fingerprint density at radius 2 is 2.04 bits per heavy atom. The lowest BCUT2D eigenvalue weighted by Gasteiger charge is -2.11. The van der Waals surface area contributed by atoms with Crippen LogP contribution in [0.25, 0.3) is 10.8 Å². The number of anilines is 2. The molecule has 7 heteroatoms. The minimum atomic E-state index is -0.669. The molecule has 1 aromatic heterocycles. The van der Waals surface area contributed by atoms with Gasteiger partial charge < -0.3 is 5.32 Å². The molecule has 2 heterocycles. The van der Waals surface area contributed by atoms with E-state index in [1.54, 1.807) is 0 Å². The molecule has 1 atom stereocenters. The summed E-state index contributed by atoms with van der Waals surface area (Å²) in [6.07, 6.45) is 0.680. The molecule has 3 aromatic rings. The van der Waals surface area contributed by atoms with Crippen molar-refractivity contribution in [1.82, 2.24) is 14.8 Å². The number of hydrogen-bond donors (Lipinski definition) is 2. The number of aryl methyl sites for hydroxylation is 1. The molecule has 0 fully saturated rings. The van der Waals surface area contributed by atoms with E-state index in [1.165, 1.54) is 4.68 Å². The molecular weight excluding hydrogens is 318 g/mol. The first kappa shape index (κ1) is 15.3. The van der Waals surface area contributed by atoms with Crippen LogP contribution >= 0.6 is 0 Å². The Kier molecular flexibility index (Phi) is 3.68. The quantitative estimate of drug-likeness (QED) is 0.767. The lowest BCUT2D eigenvalue weighted by atomic mass is 10.1. The predicted molar refractivity (Wildman–Crippen MR) is 94.3 cm³/mol. The summed E-state index contributed by atoms with van der Waals surface area (Å²) in [5, 5.41) is 11.9. The first-order valence-electron chi connectivity index (χ1n) is 8.19. The topological polar surface area (TPSA) is 88.9 Å². The van der Waals surface area contributed by atoms with E-state index in [0.29, 0.717) is 18.2 Å². The lowest BCUT2D eigenvalue weighted by molar-refractivity contribution is -0.123. The van der Waals surface area contributed by atoms with Gasteiger partial charge in [-0.25, -0.2) is 4.68 Å². The monoisotopic (exact) mass is 335 g/mol. The second kappa shape index (κ2) is 6.01. The molecule has 2 aromatic carbocycles. The molecule has 126 valence electrons. The fraction of sp³-hybridized carbons (Fsp3) is 0.222. The van der Waals surface area contributed by atoms with E-state index in [1.807, 2.05) is 49.4 Å². The highest BCUT2D eigenvalue weighted by atomic mass is 16.2. The van der Waals surface area contributed by atoms with Crippen LogP contribution in [0.1, 0.15) is 25.2 Å². The molecule has 0 bridgehead atoms. The highest BCUT2D eigenvalue weighted by molar-refractivity contribution is 6.04. The molecule has 0 spiro atoms. The van der Waals surface area contributed by atoms with Crippen molar-refractivity contribution in [3.8, 4) is 0 Å². The van der Waals surface area contributed by atoms with Crippen LogP contribution in [0.4, 0.5) is 11.6 Å². The van der Waals surface area contributed by atoms with E-state index < -0.39 is 6.04 Å².